The highest BCUT2D eigenvalue weighted by molar-refractivity contribution is 7.92. The zero-order valence-electron chi connectivity index (χ0n) is 15.6. The van der Waals surface area contributed by atoms with E-state index in [2.05, 4.69) is 10.8 Å². The standard InChI is InChI=1S/C21H29NO4S/c23-21(24)15-7-2-1-6-12-19-13-8-9-14-20(19)22-27(25,26)17-16-18-10-4-3-5-11-18/h1,3-6,10-11,16-17,19-20,22H,2,7-9,12-15H2,(H,23,24)/b6-1-,17-16?. The molecule has 0 amide bonds. The molecular formula is C21H29NO4S. The van der Waals surface area contributed by atoms with Gasteiger partial charge in [0.25, 0.3) is 0 Å². The van der Waals surface area contributed by atoms with E-state index in [0.29, 0.717) is 6.42 Å². The molecule has 1 aliphatic rings. The Morgan fingerprint density at radius 1 is 1.15 bits per heavy atom. The van der Waals surface area contributed by atoms with Crippen LogP contribution in [0.25, 0.3) is 6.08 Å². The number of carboxylic acids is 1. The summed E-state index contributed by atoms with van der Waals surface area (Å²) in [5.74, 6) is -0.483. The van der Waals surface area contributed by atoms with E-state index in [9.17, 15) is 13.2 Å². The lowest BCUT2D eigenvalue weighted by Gasteiger charge is -2.31. The van der Waals surface area contributed by atoms with Crippen LogP contribution in [0, 0.1) is 5.92 Å². The Morgan fingerprint density at radius 2 is 1.89 bits per heavy atom. The van der Waals surface area contributed by atoms with Gasteiger partial charge in [-0.1, -0.05) is 55.3 Å². The largest absolute Gasteiger partial charge is 0.481 e. The van der Waals surface area contributed by atoms with E-state index in [1.165, 1.54) is 5.41 Å². The minimum absolute atomic E-state index is 0.0483. The number of allylic oxidation sites excluding steroid dienone is 2. The lowest BCUT2D eigenvalue weighted by atomic mass is 9.83. The summed E-state index contributed by atoms with van der Waals surface area (Å²) < 4.78 is 27.7. The van der Waals surface area contributed by atoms with Crippen molar-refractivity contribution in [1.82, 2.24) is 4.72 Å². The van der Waals surface area contributed by atoms with Crippen LogP contribution in [-0.4, -0.2) is 25.5 Å². The topological polar surface area (TPSA) is 83.5 Å². The van der Waals surface area contributed by atoms with E-state index in [0.717, 1.165) is 44.1 Å². The van der Waals surface area contributed by atoms with E-state index in [1.54, 1.807) is 6.08 Å². The van der Waals surface area contributed by atoms with Gasteiger partial charge in [0.15, 0.2) is 0 Å². The van der Waals surface area contributed by atoms with Crippen molar-refractivity contribution in [3.05, 3.63) is 53.5 Å². The van der Waals surface area contributed by atoms with Gasteiger partial charge in [0, 0.05) is 17.9 Å². The number of aliphatic carboxylic acids is 1. The van der Waals surface area contributed by atoms with Crippen LogP contribution in [0.4, 0.5) is 0 Å². The van der Waals surface area contributed by atoms with Crippen molar-refractivity contribution in [2.45, 2.75) is 57.4 Å². The van der Waals surface area contributed by atoms with Gasteiger partial charge in [-0.2, -0.15) is 0 Å². The molecule has 2 N–H and O–H groups in total. The third kappa shape index (κ3) is 8.54. The molecule has 0 heterocycles. The van der Waals surface area contributed by atoms with Crippen molar-refractivity contribution in [2.75, 3.05) is 0 Å². The summed E-state index contributed by atoms with van der Waals surface area (Å²) in [5.41, 5.74) is 0.854. The molecule has 1 fully saturated rings. The fourth-order valence-electron chi connectivity index (χ4n) is 3.39. The lowest BCUT2D eigenvalue weighted by molar-refractivity contribution is -0.137. The van der Waals surface area contributed by atoms with Gasteiger partial charge in [0.05, 0.1) is 0 Å². The fourth-order valence-corrected chi connectivity index (χ4v) is 4.53. The van der Waals surface area contributed by atoms with Gasteiger partial charge in [-0.15, -0.1) is 0 Å². The van der Waals surface area contributed by atoms with Crippen LogP contribution in [-0.2, 0) is 14.8 Å². The summed E-state index contributed by atoms with van der Waals surface area (Å²) in [6, 6.07) is 9.33. The highest BCUT2D eigenvalue weighted by Crippen LogP contribution is 2.28. The number of unbranched alkanes of at least 4 members (excludes halogenated alkanes) is 1. The lowest BCUT2D eigenvalue weighted by Crippen LogP contribution is -2.41. The van der Waals surface area contributed by atoms with Gasteiger partial charge in [0.1, 0.15) is 0 Å². The highest BCUT2D eigenvalue weighted by Gasteiger charge is 2.27. The Labute approximate surface area is 162 Å². The molecule has 6 heteroatoms. The highest BCUT2D eigenvalue weighted by atomic mass is 32.2. The quantitative estimate of drug-likeness (QED) is 0.459. The maximum atomic E-state index is 12.4. The number of hydrogen-bond acceptors (Lipinski definition) is 3. The molecule has 148 valence electrons. The summed E-state index contributed by atoms with van der Waals surface area (Å²) in [4.78, 5) is 10.5. The molecule has 27 heavy (non-hydrogen) atoms. The molecule has 2 atom stereocenters. The molecule has 1 aromatic carbocycles. The third-order valence-electron chi connectivity index (χ3n) is 4.83. The van der Waals surface area contributed by atoms with Crippen molar-refractivity contribution in [3.63, 3.8) is 0 Å². The molecule has 0 spiro atoms. The number of benzene rings is 1. The molecule has 2 rings (SSSR count). The monoisotopic (exact) mass is 391 g/mol. The van der Waals surface area contributed by atoms with E-state index in [-0.39, 0.29) is 18.4 Å². The van der Waals surface area contributed by atoms with E-state index < -0.39 is 16.0 Å². The van der Waals surface area contributed by atoms with Crippen LogP contribution < -0.4 is 4.72 Å². The first-order chi connectivity index (χ1) is 13.0. The average molecular weight is 392 g/mol. The molecule has 1 aromatic rings. The molecule has 0 radical (unpaired) electrons. The second kappa shape index (κ2) is 11.0. The second-order valence-corrected chi connectivity index (χ2v) is 8.62. The number of sulfonamides is 1. The van der Waals surface area contributed by atoms with Crippen molar-refractivity contribution < 1.29 is 18.3 Å². The van der Waals surface area contributed by atoms with Crippen LogP contribution in [0.1, 0.15) is 56.9 Å². The number of carboxylic acid groups (broad SMARTS) is 1. The molecule has 2 unspecified atom stereocenters. The second-order valence-electron chi connectivity index (χ2n) is 7.02. The molecule has 0 saturated heterocycles. The smallest absolute Gasteiger partial charge is 0.303 e. The summed E-state index contributed by atoms with van der Waals surface area (Å²) >= 11 is 0. The first-order valence-corrected chi connectivity index (χ1v) is 11.1. The van der Waals surface area contributed by atoms with Crippen molar-refractivity contribution in [2.24, 2.45) is 5.92 Å². The number of nitrogens with one attached hydrogen (secondary N) is 1. The Morgan fingerprint density at radius 3 is 2.63 bits per heavy atom. The van der Waals surface area contributed by atoms with Crippen LogP contribution in [0.2, 0.25) is 0 Å². The molecule has 1 saturated carbocycles. The van der Waals surface area contributed by atoms with Crippen molar-refractivity contribution in [1.29, 1.82) is 0 Å². The van der Waals surface area contributed by atoms with Gasteiger partial charge in [-0.25, -0.2) is 13.1 Å². The average Bonchev–Trinajstić information content (AvgIpc) is 2.64. The Kier molecular flexibility index (Phi) is 8.75. The Hall–Kier alpha value is -1.92. The van der Waals surface area contributed by atoms with E-state index in [1.807, 2.05) is 36.4 Å². The minimum Gasteiger partial charge on any atom is -0.481 e. The van der Waals surface area contributed by atoms with Crippen molar-refractivity contribution in [3.8, 4) is 0 Å². The molecule has 0 aromatic heterocycles. The first-order valence-electron chi connectivity index (χ1n) is 9.58. The van der Waals surface area contributed by atoms with Crippen molar-refractivity contribution >= 4 is 22.1 Å². The van der Waals surface area contributed by atoms with Crippen LogP contribution in [0.15, 0.2) is 47.9 Å². The van der Waals surface area contributed by atoms with E-state index in [4.69, 9.17) is 5.11 Å². The molecule has 1 aliphatic carbocycles. The van der Waals surface area contributed by atoms with Gasteiger partial charge < -0.3 is 5.11 Å². The summed E-state index contributed by atoms with van der Waals surface area (Å²) in [6.45, 7) is 0. The maximum Gasteiger partial charge on any atom is 0.303 e. The third-order valence-corrected chi connectivity index (χ3v) is 5.96. The minimum atomic E-state index is -3.48. The van der Waals surface area contributed by atoms with Gasteiger partial charge in [0.2, 0.25) is 10.0 Å². The Bertz CT molecular complexity index is 741. The predicted octanol–water partition coefficient (Wildman–Crippen LogP) is 4.34. The summed E-state index contributed by atoms with van der Waals surface area (Å²) in [6.07, 6.45) is 12.1. The molecular weight excluding hydrogens is 362 g/mol. The number of rotatable bonds is 10. The van der Waals surface area contributed by atoms with E-state index >= 15 is 0 Å². The number of carbonyl (C=O) groups is 1. The molecule has 5 nitrogen and oxygen atoms in total. The maximum absolute atomic E-state index is 12.4. The SMILES string of the molecule is O=C(O)CCC/C=C\CC1CCCCC1NS(=O)(=O)C=Cc1ccccc1. The summed E-state index contributed by atoms with van der Waals surface area (Å²) in [7, 11) is -3.48. The van der Waals surface area contributed by atoms with Gasteiger partial charge in [-0.3, -0.25) is 4.79 Å². The molecule has 0 aliphatic heterocycles. The molecule has 0 bridgehead atoms. The first kappa shape index (κ1) is 21.4. The zero-order valence-corrected chi connectivity index (χ0v) is 16.4. The normalized spacial score (nSPS) is 21.0. The van der Waals surface area contributed by atoms with Gasteiger partial charge >= 0.3 is 5.97 Å². The van der Waals surface area contributed by atoms with Crippen LogP contribution >= 0.6 is 0 Å². The summed E-state index contributed by atoms with van der Waals surface area (Å²) in [5, 5.41) is 9.88. The Balaban J connectivity index is 1.87. The van der Waals surface area contributed by atoms with Crippen LogP contribution in [0.3, 0.4) is 0 Å². The van der Waals surface area contributed by atoms with Crippen LogP contribution in [0.5, 0.6) is 0 Å². The zero-order chi connectivity index (χ0) is 19.5. The number of hydrogen-bond donors (Lipinski definition) is 2. The fraction of sp³-hybridized carbons (Fsp3) is 0.476. The predicted molar refractivity (Wildman–Crippen MR) is 109 cm³/mol. The van der Waals surface area contributed by atoms with Gasteiger partial charge in [-0.05, 0) is 49.7 Å².